The van der Waals surface area contributed by atoms with E-state index in [1.165, 1.54) is 12.1 Å². The molecule has 0 fully saturated rings. The number of fused-ring (bicyclic) bond motifs is 1. The second-order valence-corrected chi connectivity index (χ2v) is 6.80. The van der Waals surface area contributed by atoms with Crippen molar-refractivity contribution < 1.29 is 28.3 Å². The van der Waals surface area contributed by atoms with Crippen molar-refractivity contribution in [2.45, 2.75) is 19.4 Å². The first-order valence-corrected chi connectivity index (χ1v) is 9.95. The second-order valence-electron chi connectivity index (χ2n) is 6.80. The van der Waals surface area contributed by atoms with Gasteiger partial charge in [-0.15, -0.1) is 0 Å². The summed E-state index contributed by atoms with van der Waals surface area (Å²) in [5.74, 6) is -0.627. The highest BCUT2D eigenvalue weighted by atomic mass is 16.5. The molecule has 0 radical (unpaired) electrons. The lowest BCUT2D eigenvalue weighted by Crippen LogP contribution is -2.37. The molecule has 3 rings (SSSR count). The lowest BCUT2D eigenvalue weighted by Gasteiger charge is -2.08. The fourth-order valence-corrected chi connectivity index (χ4v) is 2.74. The van der Waals surface area contributed by atoms with Gasteiger partial charge in [-0.2, -0.15) is 0 Å². The summed E-state index contributed by atoms with van der Waals surface area (Å²) in [6.45, 7) is 0.112. The largest absolute Gasteiger partial charge is 0.445 e. The lowest BCUT2D eigenvalue weighted by atomic mass is 10.2. The molecule has 0 unspecified atom stereocenters. The van der Waals surface area contributed by atoms with Crippen LogP contribution in [0.5, 0.6) is 5.75 Å². The average Bonchev–Trinajstić information content (AvgIpc) is 2.79. The van der Waals surface area contributed by atoms with Crippen molar-refractivity contribution in [3.05, 3.63) is 76.6 Å². The molecule has 2 N–H and O–H groups in total. The number of esters is 1. The predicted octanol–water partition coefficient (Wildman–Crippen LogP) is 2.52. The number of alkyl carbamates (subject to hydrolysis) is 1. The van der Waals surface area contributed by atoms with Crippen molar-refractivity contribution in [1.29, 1.82) is 0 Å². The van der Waals surface area contributed by atoms with Gasteiger partial charge in [-0.3, -0.25) is 9.59 Å². The van der Waals surface area contributed by atoms with Gasteiger partial charge in [0.15, 0.2) is 0 Å². The number of ether oxygens (including phenoxy) is 2. The Bertz CT molecular complexity index is 1140. The Balaban J connectivity index is 1.30. The van der Waals surface area contributed by atoms with Gasteiger partial charge < -0.3 is 24.5 Å². The third-order valence-corrected chi connectivity index (χ3v) is 4.31. The summed E-state index contributed by atoms with van der Waals surface area (Å²) in [4.78, 5) is 46.6. The van der Waals surface area contributed by atoms with E-state index < -0.39 is 23.6 Å². The number of amides is 2. The molecule has 1 heterocycles. The molecule has 0 spiro atoms. The van der Waals surface area contributed by atoms with Gasteiger partial charge in [-0.05, 0) is 30.2 Å². The van der Waals surface area contributed by atoms with E-state index in [-0.39, 0.29) is 31.9 Å². The van der Waals surface area contributed by atoms with Crippen LogP contribution >= 0.6 is 0 Å². The minimum absolute atomic E-state index is 0.0730. The van der Waals surface area contributed by atoms with Gasteiger partial charge in [0.25, 0.3) is 0 Å². The number of hydrogen-bond donors (Lipinski definition) is 2. The number of nitrogens with one attached hydrogen (secondary N) is 2. The molecule has 1 aromatic heterocycles. The van der Waals surface area contributed by atoms with Crippen LogP contribution in [-0.4, -0.2) is 31.1 Å². The fraction of sp³-hybridized carbons (Fsp3) is 0.217. The average molecular weight is 438 g/mol. The topological polar surface area (TPSA) is 124 Å². The van der Waals surface area contributed by atoms with E-state index in [1.807, 2.05) is 30.3 Å². The van der Waals surface area contributed by atoms with Crippen molar-refractivity contribution in [2.24, 2.45) is 0 Å². The molecule has 0 atom stereocenters. The number of carbonyl (C=O) groups excluding carboxylic acids is 3. The summed E-state index contributed by atoms with van der Waals surface area (Å²) in [5.41, 5.74) is 0.674. The molecule has 2 aromatic carbocycles. The normalized spacial score (nSPS) is 10.4. The molecule has 0 bridgehead atoms. The van der Waals surface area contributed by atoms with E-state index in [2.05, 4.69) is 10.6 Å². The van der Waals surface area contributed by atoms with Crippen molar-refractivity contribution in [1.82, 2.24) is 10.6 Å². The Hall–Kier alpha value is -4.14. The zero-order valence-corrected chi connectivity index (χ0v) is 17.2. The third-order valence-electron chi connectivity index (χ3n) is 4.31. The van der Waals surface area contributed by atoms with Crippen LogP contribution in [0.2, 0.25) is 0 Å². The summed E-state index contributed by atoms with van der Waals surface area (Å²) in [5, 5.41) is 5.66. The minimum Gasteiger partial charge on any atom is -0.445 e. The van der Waals surface area contributed by atoms with E-state index in [9.17, 15) is 19.2 Å². The Kier molecular flexibility index (Phi) is 7.96. The van der Waals surface area contributed by atoms with Crippen LogP contribution in [-0.2, 0) is 20.9 Å². The molecule has 0 aliphatic heterocycles. The monoisotopic (exact) mass is 438 g/mol. The summed E-state index contributed by atoms with van der Waals surface area (Å²) in [6.07, 6.45) is -0.270. The molecular formula is C23H22N2O7. The van der Waals surface area contributed by atoms with Gasteiger partial charge in [-0.1, -0.05) is 30.3 Å². The maximum absolute atomic E-state index is 12.0. The van der Waals surface area contributed by atoms with Crippen molar-refractivity contribution in [2.75, 3.05) is 13.1 Å². The minimum atomic E-state index is -0.696. The zero-order chi connectivity index (χ0) is 22.8. The fourth-order valence-electron chi connectivity index (χ4n) is 2.74. The molecule has 3 aromatic rings. The third kappa shape index (κ3) is 7.28. The summed E-state index contributed by atoms with van der Waals surface area (Å²) in [6, 6.07) is 16.9. The van der Waals surface area contributed by atoms with Crippen LogP contribution in [0.1, 0.15) is 18.4 Å². The van der Waals surface area contributed by atoms with Crippen molar-refractivity contribution >= 4 is 28.9 Å². The molecule has 9 nitrogen and oxygen atoms in total. The van der Waals surface area contributed by atoms with Gasteiger partial charge in [0.1, 0.15) is 17.9 Å². The maximum Gasteiger partial charge on any atom is 0.407 e. The van der Waals surface area contributed by atoms with Gasteiger partial charge in [0, 0.05) is 30.5 Å². The summed E-state index contributed by atoms with van der Waals surface area (Å²) < 4.78 is 15.3. The van der Waals surface area contributed by atoms with Crippen LogP contribution in [0.4, 0.5) is 4.79 Å². The maximum atomic E-state index is 12.0. The first-order chi connectivity index (χ1) is 15.5. The van der Waals surface area contributed by atoms with E-state index in [4.69, 9.17) is 13.9 Å². The molecule has 0 saturated carbocycles. The molecule has 32 heavy (non-hydrogen) atoms. The lowest BCUT2D eigenvalue weighted by molar-refractivity contribution is -0.134. The number of carbonyl (C=O) groups is 3. The first-order valence-electron chi connectivity index (χ1n) is 9.95. The SMILES string of the molecule is O=C(CNC(=O)OCc1ccccc1)NCCCC(=O)Oc1ccc2ccc(=O)oc2c1. The van der Waals surface area contributed by atoms with Crippen LogP contribution < -0.4 is 21.0 Å². The molecule has 0 aliphatic carbocycles. The summed E-state index contributed by atoms with van der Waals surface area (Å²) >= 11 is 0. The Morgan fingerprint density at radius 3 is 2.53 bits per heavy atom. The van der Waals surface area contributed by atoms with E-state index in [0.717, 1.165) is 5.56 Å². The zero-order valence-electron chi connectivity index (χ0n) is 17.2. The van der Waals surface area contributed by atoms with Gasteiger partial charge in [0.2, 0.25) is 5.91 Å². The van der Waals surface area contributed by atoms with Gasteiger partial charge in [0.05, 0.1) is 6.54 Å². The Morgan fingerprint density at radius 1 is 0.938 bits per heavy atom. The molecule has 9 heteroatoms. The van der Waals surface area contributed by atoms with E-state index in [0.29, 0.717) is 17.4 Å². The first kappa shape index (κ1) is 22.5. The molecule has 166 valence electrons. The standard InChI is InChI=1S/C23H22N2O7/c26-20(14-25-23(29)30-15-16-5-2-1-3-6-16)24-12-4-7-21(27)31-18-10-8-17-9-11-22(28)32-19(17)13-18/h1-3,5-6,8-11,13H,4,7,12,14-15H2,(H,24,26)(H,25,29). The van der Waals surface area contributed by atoms with Crippen molar-refractivity contribution in [3.63, 3.8) is 0 Å². The van der Waals surface area contributed by atoms with Crippen LogP contribution in [0.3, 0.4) is 0 Å². The molecule has 0 aliphatic rings. The highest BCUT2D eigenvalue weighted by Crippen LogP contribution is 2.19. The van der Waals surface area contributed by atoms with Crippen LogP contribution in [0.25, 0.3) is 11.0 Å². The van der Waals surface area contributed by atoms with E-state index >= 15 is 0 Å². The van der Waals surface area contributed by atoms with Crippen molar-refractivity contribution in [3.8, 4) is 5.75 Å². The highest BCUT2D eigenvalue weighted by molar-refractivity contribution is 5.82. The van der Waals surface area contributed by atoms with Crippen LogP contribution in [0, 0.1) is 0 Å². The number of rotatable bonds is 9. The number of hydrogen-bond acceptors (Lipinski definition) is 7. The molecule has 2 amide bonds. The van der Waals surface area contributed by atoms with Gasteiger partial charge >= 0.3 is 17.7 Å². The Labute approximate surface area is 183 Å². The highest BCUT2D eigenvalue weighted by Gasteiger charge is 2.09. The second kappa shape index (κ2) is 11.3. The molecule has 0 saturated heterocycles. The smallest absolute Gasteiger partial charge is 0.407 e. The van der Waals surface area contributed by atoms with E-state index in [1.54, 1.807) is 18.2 Å². The molecular weight excluding hydrogens is 416 g/mol. The van der Waals surface area contributed by atoms with Crippen LogP contribution in [0.15, 0.2) is 69.9 Å². The Morgan fingerprint density at radius 2 is 1.72 bits per heavy atom. The van der Waals surface area contributed by atoms with Gasteiger partial charge in [-0.25, -0.2) is 9.59 Å². The quantitative estimate of drug-likeness (QED) is 0.228. The summed E-state index contributed by atoms with van der Waals surface area (Å²) in [7, 11) is 0. The number of benzene rings is 2. The predicted molar refractivity (Wildman–Crippen MR) is 115 cm³/mol.